The van der Waals surface area contributed by atoms with Gasteiger partial charge in [-0.05, 0) is 26.2 Å². The number of nitrogens with zero attached hydrogens (tertiary/aromatic N) is 1. The molecule has 0 aromatic carbocycles. The molecule has 0 saturated carbocycles. The summed E-state index contributed by atoms with van der Waals surface area (Å²) in [6.07, 6.45) is 0.125. The lowest BCUT2D eigenvalue weighted by molar-refractivity contribution is -0.143. The summed E-state index contributed by atoms with van der Waals surface area (Å²) in [5.41, 5.74) is 21.1. The molecule has 0 heterocycles. The molecular formula is C17H32N8O7. The number of hydrogen-bond acceptors (Lipinski definition) is 8. The van der Waals surface area contributed by atoms with E-state index in [1.54, 1.807) is 0 Å². The van der Waals surface area contributed by atoms with E-state index in [9.17, 15) is 29.1 Å². The summed E-state index contributed by atoms with van der Waals surface area (Å²) in [7, 11) is 0. The maximum Gasteiger partial charge on any atom is 0.326 e. The summed E-state index contributed by atoms with van der Waals surface area (Å²) in [6.45, 7) is 0.771. The topological polar surface area (TPSA) is 278 Å². The molecule has 0 saturated heterocycles. The molecule has 13 N–H and O–H groups in total. The van der Waals surface area contributed by atoms with E-state index >= 15 is 0 Å². The van der Waals surface area contributed by atoms with Gasteiger partial charge < -0.3 is 49.1 Å². The maximum absolute atomic E-state index is 12.3. The number of hydrogen-bond donors (Lipinski definition) is 9. The van der Waals surface area contributed by atoms with Gasteiger partial charge in [0.1, 0.15) is 18.1 Å². The summed E-state index contributed by atoms with van der Waals surface area (Å²) in [4.78, 5) is 62.3. The van der Waals surface area contributed by atoms with Gasteiger partial charge in [-0.15, -0.1) is 0 Å². The standard InChI is InChI=1S/C17H32N8O7/c1-8(23-14(29)9(18)3-2-6-22-17(20)21)13(28)25-11(7-26)15(30)24-10(16(31)32)4-5-12(19)27/h8-11,26H,2-7,18H2,1H3,(H2,19,27)(H,23,29)(H,24,30)(H,25,28)(H,31,32)(H4,20,21,22). The summed E-state index contributed by atoms with van der Waals surface area (Å²) in [6, 6.07) is -4.99. The predicted molar refractivity (Wildman–Crippen MR) is 113 cm³/mol. The van der Waals surface area contributed by atoms with Crippen LogP contribution in [0.5, 0.6) is 0 Å². The number of carbonyl (C=O) groups is 5. The van der Waals surface area contributed by atoms with E-state index in [0.29, 0.717) is 6.42 Å². The van der Waals surface area contributed by atoms with Crippen molar-refractivity contribution in [2.45, 2.75) is 56.8 Å². The zero-order valence-electron chi connectivity index (χ0n) is 17.7. The Bertz CT molecular complexity index is 711. The van der Waals surface area contributed by atoms with Gasteiger partial charge in [-0.25, -0.2) is 4.79 Å². The second-order valence-electron chi connectivity index (χ2n) is 6.93. The van der Waals surface area contributed by atoms with Gasteiger partial charge in [0.2, 0.25) is 23.6 Å². The zero-order chi connectivity index (χ0) is 24.8. The number of rotatable bonds is 15. The van der Waals surface area contributed by atoms with Crippen molar-refractivity contribution in [3.63, 3.8) is 0 Å². The van der Waals surface area contributed by atoms with Gasteiger partial charge in [0, 0.05) is 13.0 Å². The lowest BCUT2D eigenvalue weighted by Crippen LogP contribution is -2.57. The van der Waals surface area contributed by atoms with E-state index in [0.717, 1.165) is 0 Å². The van der Waals surface area contributed by atoms with Gasteiger partial charge in [0.25, 0.3) is 0 Å². The smallest absolute Gasteiger partial charge is 0.326 e. The van der Waals surface area contributed by atoms with Crippen LogP contribution in [0.15, 0.2) is 4.99 Å². The fourth-order valence-corrected chi connectivity index (χ4v) is 2.34. The number of aliphatic imine (C=N–C) groups is 1. The predicted octanol–water partition coefficient (Wildman–Crippen LogP) is -4.82. The number of primary amides is 1. The quantitative estimate of drug-likeness (QED) is 0.0638. The van der Waals surface area contributed by atoms with Gasteiger partial charge >= 0.3 is 5.97 Å². The van der Waals surface area contributed by atoms with Crippen molar-refractivity contribution in [3.8, 4) is 0 Å². The van der Waals surface area contributed by atoms with Crippen LogP contribution in [0, 0.1) is 0 Å². The maximum atomic E-state index is 12.3. The number of aliphatic hydroxyl groups is 1. The van der Waals surface area contributed by atoms with Crippen LogP contribution in [0.2, 0.25) is 0 Å². The van der Waals surface area contributed by atoms with Crippen LogP contribution in [-0.4, -0.2) is 83.1 Å². The highest BCUT2D eigenvalue weighted by Gasteiger charge is 2.28. The van der Waals surface area contributed by atoms with Gasteiger partial charge in [0.15, 0.2) is 5.96 Å². The number of amides is 4. The Hall–Kier alpha value is -3.46. The third kappa shape index (κ3) is 11.7. The van der Waals surface area contributed by atoms with Crippen LogP contribution in [-0.2, 0) is 24.0 Å². The Morgan fingerprint density at radius 1 is 0.906 bits per heavy atom. The molecule has 0 aromatic rings. The number of guanidine groups is 1. The first-order valence-electron chi connectivity index (χ1n) is 9.73. The average Bonchev–Trinajstić information content (AvgIpc) is 2.70. The van der Waals surface area contributed by atoms with Crippen LogP contribution in [0.3, 0.4) is 0 Å². The molecule has 0 aromatic heterocycles. The Morgan fingerprint density at radius 2 is 1.50 bits per heavy atom. The lowest BCUT2D eigenvalue weighted by atomic mass is 10.1. The third-order valence-corrected chi connectivity index (χ3v) is 4.17. The summed E-state index contributed by atoms with van der Waals surface area (Å²) in [5.74, 6) is -4.69. The summed E-state index contributed by atoms with van der Waals surface area (Å²) < 4.78 is 0. The molecule has 0 radical (unpaired) electrons. The van der Waals surface area contributed by atoms with Crippen molar-refractivity contribution in [2.75, 3.05) is 13.2 Å². The number of nitrogens with one attached hydrogen (secondary N) is 3. The van der Waals surface area contributed by atoms with E-state index in [1.807, 2.05) is 0 Å². The minimum absolute atomic E-state index is 0.0849. The van der Waals surface area contributed by atoms with Gasteiger partial charge in [0.05, 0.1) is 12.6 Å². The highest BCUT2D eigenvalue weighted by Crippen LogP contribution is 2.00. The van der Waals surface area contributed by atoms with Gasteiger partial charge in [-0.1, -0.05) is 0 Å². The van der Waals surface area contributed by atoms with Crippen molar-refractivity contribution in [3.05, 3.63) is 0 Å². The Morgan fingerprint density at radius 3 is 2.00 bits per heavy atom. The number of aliphatic carboxylic acids is 1. The summed E-state index contributed by atoms with van der Waals surface area (Å²) in [5, 5.41) is 25.2. The molecule has 0 fully saturated rings. The first kappa shape index (κ1) is 28.5. The molecule has 0 bridgehead atoms. The van der Waals surface area contributed by atoms with E-state index in [4.69, 9.17) is 28.0 Å². The first-order valence-corrected chi connectivity index (χ1v) is 9.73. The van der Waals surface area contributed by atoms with Crippen molar-refractivity contribution >= 4 is 35.6 Å². The Kier molecular flexibility index (Phi) is 13.0. The van der Waals surface area contributed by atoms with Crippen molar-refractivity contribution in [1.29, 1.82) is 0 Å². The fraction of sp³-hybridized carbons (Fsp3) is 0.647. The highest BCUT2D eigenvalue weighted by atomic mass is 16.4. The number of aliphatic hydroxyl groups excluding tert-OH is 1. The summed E-state index contributed by atoms with van der Waals surface area (Å²) >= 11 is 0. The van der Waals surface area contributed by atoms with Crippen LogP contribution in [0.25, 0.3) is 0 Å². The molecular weight excluding hydrogens is 428 g/mol. The molecule has 32 heavy (non-hydrogen) atoms. The molecule has 0 spiro atoms. The molecule has 4 atom stereocenters. The minimum atomic E-state index is -1.49. The number of carboxylic acid groups (broad SMARTS) is 1. The van der Waals surface area contributed by atoms with Crippen LogP contribution in [0.4, 0.5) is 0 Å². The number of carbonyl (C=O) groups excluding carboxylic acids is 4. The van der Waals surface area contributed by atoms with E-state index in [2.05, 4.69) is 20.9 Å². The van der Waals surface area contributed by atoms with Crippen molar-refractivity contribution < 1.29 is 34.2 Å². The molecule has 0 aliphatic heterocycles. The largest absolute Gasteiger partial charge is 0.480 e. The second-order valence-corrected chi connectivity index (χ2v) is 6.93. The van der Waals surface area contributed by atoms with Crippen molar-refractivity contribution in [2.24, 2.45) is 27.9 Å². The van der Waals surface area contributed by atoms with Crippen LogP contribution in [0.1, 0.15) is 32.6 Å². The third-order valence-electron chi connectivity index (χ3n) is 4.17. The van der Waals surface area contributed by atoms with E-state index in [1.165, 1.54) is 6.92 Å². The monoisotopic (exact) mass is 460 g/mol. The number of carboxylic acids is 1. The Balaban J connectivity index is 4.74. The molecule has 0 aliphatic carbocycles. The molecule has 182 valence electrons. The average molecular weight is 460 g/mol. The molecule has 4 unspecified atom stereocenters. The number of nitrogens with two attached hydrogens (primary N) is 4. The highest BCUT2D eigenvalue weighted by molar-refractivity contribution is 5.94. The van der Waals surface area contributed by atoms with Gasteiger partial charge in [-0.2, -0.15) is 0 Å². The van der Waals surface area contributed by atoms with Crippen LogP contribution < -0.4 is 38.9 Å². The van der Waals surface area contributed by atoms with E-state index < -0.39 is 60.4 Å². The minimum Gasteiger partial charge on any atom is -0.480 e. The SMILES string of the molecule is CC(NC(=O)C(N)CCCN=C(N)N)C(=O)NC(CO)C(=O)NC(CCC(N)=O)C(=O)O. The zero-order valence-corrected chi connectivity index (χ0v) is 17.7. The van der Waals surface area contributed by atoms with Crippen LogP contribution >= 0.6 is 0 Å². The van der Waals surface area contributed by atoms with Crippen molar-refractivity contribution in [1.82, 2.24) is 16.0 Å². The lowest BCUT2D eigenvalue weighted by Gasteiger charge is -2.22. The normalized spacial score (nSPS) is 14.2. The van der Waals surface area contributed by atoms with Gasteiger partial charge in [-0.3, -0.25) is 24.2 Å². The molecule has 0 rings (SSSR count). The molecule has 15 nitrogen and oxygen atoms in total. The first-order chi connectivity index (χ1) is 14.9. The fourth-order valence-electron chi connectivity index (χ4n) is 2.34. The van der Waals surface area contributed by atoms with E-state index in [-0.39, 0.29) is 31.8 Å². The second kappa shape index (κ2) is 14.5. The Labute approximate surface area is 184 Å². The molecule has 15 heteroatoms. The molecule has 4 amide bonds. The molecule has 0 aliphatic rings.